The van der Waals surface area contributed by atoms with Gasteiger partial charge in [0.25, 0.3) is 0 Å². The highest BCUT2D eigenvalue weighted by Crippen LogP contribution is 2.49. The van der Waals surface area contributed by atoms with E-state index in [1.807, 2.05) is 13.0 Å². The molecule has 5 rings (SSSR count). The Morgan fingerprint density at radius 1 is 1.05 bits per heavy atom. The minimum Gasteiger partial charge on any atom is -0.497 e. The van der Waals surface area contributed by atoms with Crippen LogP contribution in [0.15, 0.2) is 48.5 Å². The number of benzene rings is 2. The van der Waals surface area contributed by atoms with Gasteiger partial charge in [0.05, 0.1) is 25.8 Å². The van der Waals surface area contributed by atoms with E-state index in [-0.39, 0.29) is 46.8 Å². The molecule has 0 saturated heterocycles. The van der Waals surface area contributed by atoms with Crippen LogP contribution in [-0.4, -0.2) is 31.8 Å². The number of rotatable bonds is 7. The van der Waals surface area contributed by atoms with Gasteiger partial charge in [-0.3, -0.25) is 4.79 Å². The predicted octanol–water partition coefficient (Wildman–Crippen LogP) is 6.73. The average molecular weight is 546 g/mol. The van der Waals surface area contributed by atoms with Crippen molar-refractivity contribution >= 4 is 5.97 Å². The van der Waals surface area contributed by atoms with Crippen LogP contribution >= 0.6 is 0 Å². The zero-order valence-electron chi connectivity index (χ0n) is 21.5. The summed E-state index contributed by atoms with van der Waals surface area (Å²) in [7, 11) is 2.72. The number of hydrogen-bond acceptors (Lipinski definition) is 6. The van der Waals surface area contributed by atoms with Gasteiger partial charge >= 0.3 is 12.1 Å². The highest BCUT2D eigenvalue weighted by atomic mass is 19.4. The van der Waals surface area contributed by atoms with Crippen LogP contribution in [-0.2, 0) is 15.7 Å². The standard InChI is InChI=1S/C29H27F4NO5/c1-15(28(35)37-3)26(16-4-5-16)17-6-11-23-24(12-17)39-25(14-38-23)19-8-10-22(34-27(19)29(31,32)33)20-13-18(36-2)7-9-21(20)30/h6-13,15-16,25-26H,4-5,14H2,1-3H3/t15?,25-,26?/m0/s1. The fourth-order valence-electron chi connectivity index (χ4n) is 5.14. The van der Waals surface area contributed by atoms with Crippen molar-refractivity contribution in [2.75, 3.05) is 20.8 Å². The smallest absolute Gasteiger partial charge is 0.433 e. The fourth-order valence-corrected chi connectivity index (χ4v) is 5.14. The minimum atomic E-state index is -4.83. The Balaban J connectivity index is 1.48. The number of alkyl halides is 3. The third kappa shape index (κ3) is 5.37. The summed E-state index contributed by atoms with van der Waals surface area (Å²) in [5.74, 6) is -0.296. The molecule has 3 atom stereocenters. The summed E-state index contributed by atoms with van der Waals surface area (Å²) >= 11 is 0. The Labute approximate surface area is 222 Å². The van der Waals surface area contributed by atoms with E-state index in [2.05, 4.69) is 4.98 Å². The molecule has 206 valence electrons. The van der Waals surface area contributed by atoms with Crippen LogP contribution < -0.4 is 14.2 Å². The molecule has 39 heavy (non-hydrogen) atoms. The molecule has 1 aliphatic heterocycles. The van der Waals surface area contributed by atoms with Crippen LogP contribution in [0.4, 0.5) is 17.6 Å². The van der Waals surface area contributed by atoms with E-state index in [0.29, 0.717) is 11.7 Å². The lowest BCUT2D eigenvalue weighted by Crippen LogP contribution is -2.26. The van der Waals surface area contributed by atoms with Crippen molar-refractivity contribution in [1.82, 2.24) is 4.98 Å². The normalized spacial score (nSPS) is 18.3. The maximum atomic E-state index is 14.5. The van der Waals surface area contributed by atoms with Gasteiger partial charge in [-0.2, -0.15) is 13.2 Å². The van der Waals surface area contributed by atoms with Crippen LogP contribution in [0.5, 0.6) is 17.2 Å². The summed E-state index contributed by atoms with van der Waals surface area (Å²) in [5, 5.41) is 0. The molecule has 1 aliphatic carbocycles. The van der Waals surface area contributed by atoms with Gasteiger partial charge in [-0.15, -0.1) is 0 Å². The lowest BCUT2D eigenvalue weighted by molar-refractivity contribution is -0.146. The van der Waals surface area contributed by atoms with E-state index in [4.69, 9.17) is 18.9 Å². The summed E-state index contributed by atoms with van der Waals surface area (Å²) in [5.41, 5.74) is -0.895. The predicted molar refractivity (Wildman–Crippen MR) is 133 cm³/mol. The number of hydrogen-bond donors (Lipinski definition) is 0. The summed E-state index contributed by atoms with van der Waals surface area (Å²) in [6.45, 7) is 1.64. The first-order valence-corrected chi connectivity index (χ1v) is 12.5. The van der Waals surface area contributed by atoms with E-state index in [1.54, 1.807) is 12.1 Å². The zero-order chi connectivity index (χ0) is 27.9. The molecule has 10 heteroatoms. The summed E-state index contributed by atoms with van der Waals surface area (Å²) in [6.07, 6.45) is -3.99. The lowest BCUT2D eigenvalue weighted by atomic mass is 9.83. The topological polar surface area (TPSA) is 66.9 Å². The third-order valence-corrected chi connectivity index (χ3v) is 7.24. The molecule has 1 saturated carbocycles. The van der Waals surface area contributed by atoms with Gasteiger partial charge in [0.1, 0.15) is 18.2 Å². The number of esters is 1. The van der Waals surface area contributed by atoms with Crippen LogP contribution in [0.25, 0.3) is 11.3 Å². The molecular formula is C29H27F4NO5. The van der Waals surface area contributed by atoms with Gasteiger partial charge in [-0.1, -0.05) is 19.1 Å². The van der Waals surface area contributed by atoms with Crippen molar-refractivity contribution in [2.45, 2.75) is 38.0 Å². The Morgan fingerprint density at radius 3 is 2.49 bits per heavy atom. The number of carbonyl (C=O) groups excluding carboxylic acids is 1. The minimum absolute atomic E-state index is 0.115. The van der Waals surface area contributed by atoms with E-state index < -0.39 is 29.7 Å². The van der Waals surface area contributed by atoms with E-state index in [1.165, 1.54) is 38.5 Å². The van der Waals surface area contributed by atoms with Crippen molar-refractivity contribution in [3.63, 3.8) is 0 Å². The molecule has 6 nitrogen and oxygen atoms in total. The van der Waals surface area contributed by atoms with Crippen molar-refractivity contribution < 1.29 is 41.3 Å². The van der Waals surface area contributed by atoms with Crippen LogP contribution in [0.1, 0.15) is 48.6 Å². The molecule has 2 unspecified atom stereocenters. The Hall–Kier alpha value is -3.82. The summed E-state index contributed by atoms with van der Waals surface area (Å²) in [6, 6.07) is 11.6. The van der Waals surface area contributed by atoms with Crippen LogP contribution in [0.3, 0.4) is 0 Å². The zero-order valence-corrected chi connectivity index (χ0v) is 21.5. The number of ether oxygens (including phenoxy) is 4. The van der Waals surface area contributed by atoms with Crippen LogP contribution in [0, 0.1) is 17.7 Å². The second-order valence-electron chi connectivity index (χ2n) is 9.78. The third-order valence-electron chi connectivity index (χ3n) is 7.24. The number of pyridine rings is 1. The average Bonchev–Trinajstić information content (AvgIpc) is 3.77. The molecule has 0 N–H and O–H groups in total. The van der Waals surface area contributed by atoms with Crippen LogP contribution in [0.2, 0.25) is 0 Å². The molecule has 2 aromatic carbocycles. The van der Waals surface area contributed by atoms with Crippen molar-refractivity contribution in [2.24, 2.45) is 11.8 Å². The van der Waals surface area contributed by atoms with Crippen molar-refractivity contribution in [1.29, 1.82) is 0 Å². The molecule has 0 amide bonds. The summed E-state index contributed by atoms with van der Waals surface area (Å²) in [4.78, 5) is 16.1. The molecular weight excluding hydrogens is 518 g/mol. The molecule has 0 bridgehead atoms. The van der Waals surface area contributed by atoms with Crippen molar-refractivity contribution in [3.8, 4) is 28.5 Å². The maximum Gasteiger partial charge on any atom is 0.433 e. The molecule has 1 aromatic heterocycles. The number of carbonyl (C=O) groups is 1. The van der Waals surface area contributed by atoms with Crippen molar-refractivity contribution in [3.05, 3.63) is 71.2 Å². The first kappa shape index (κ1) is 26.8. The molecule has 0 radical (unpaired) electrons. The highest BCUT2D eigenvalue weighted by Gasteiger charge is 2.41. The Bertz CT molecular complexity index is 1390. The number of aromatic nitrogens is 1. The Morgan fingerprint density at radius 2 is 1.82 bits per heavy atom. The number of fused-ring (bicyclic) bond motifs is 1. The second-order valence-corrected chi connectivity index (χ2v) is 9.78. The molecule has 1 fully saturated rings. The quantitative estimate of drug-likeness (QED) is 0.242. The van der Waals surface area contributed by atoms with Gasteiger partial charge in [0, 0.05) is 11.1 Å². The van der Waals surface area contributed by atoms with Gasteiger partial charge < -0.3 is 18.9 Å². The number of halogens is 4. The second kappa shape index (κ2) is 10.4. The van der Waals surface area contributed by atoms with E-state index >= 15 is 0 Å². The monoisotopic (exact) mass is 545 g/mol. The van der Waals surface area contributed by atoms with Gasteiger partial charge in [0.15, 0.2) is 23.3 Å². The van der Waals surface area contributed by atoms with E-state index in [9.17, 15) is 22.4 Å². The highest BCUT2D eigenvalue weighted by molar-refractivity contribution is 5.73. The maximum absolute atomic E-state index is 14.5. The number of methoxy groups -OCH3 is 2. The summed E-state index contributed by atoms with van der Waals surface area (Å²) < 4.78 is 78.9. The molecule has 0 spiro atoms. The van der Waals surface area contributed by atoms with Gasteiger partial charge in [0.2, 0.25) is 0 Å². The van der Waals surface area contributed by atoms with Gasteiger partial charge in [-0.25, -0.2) is 9.37 Å². The van der Waals surface area contributed by atoms with E-state index in [0.717, 1.165) is 24.5 Å². The molecule has 2 heterocycles. The molecule has 3 aromatic rings. The first-order chi connectivity index (χ1) is 18.6. The molecule has 2 aliphatic rings. The first-order valence-electron chi connectivity index (χ1n) is 12.5. The number of nitrogens with zero attached hydrogens (tertiary/aromatic N) is 1. The van der Waals surface area contributed by atoms with Gasteiger partial charge in [-0.05, 0) is 66.6 Å². The fraction of sp³-hybridized carbons (Fsp3) is 0.379. The lowest BCUT2D eigenvalue weighted by Gasteiger charge is -2.30. The largest absolute Gasteiger partial charge is 0.497 e. The Kier molecular flexibility index (Phi) is 7.13. The SMILES string of the molecule is COC(=O)C(C)C(c1ccc2c(c1)O[C@H](c1ccc(-c3cc(OC)ccc3F)nc1C(F)(F)F)CO2)C1CC1.